The third-order valence-electron chi connectivity index (χ3n) is 3.54. The predicted molar refractivity (Wildman–Crippen MR) is 83.5 cm³/mol. The number of likely N-dealkylation sites (tertiary alicyclic amines) is 1. The Morgan fingerprint density at radius 2 is 2.17 bits per heavy atom. The first kappa shape index (κ1) is 16.6. The van der Waals surface area contributed by atoms with Crippen LogP contribution in [0.1, 0.15) is 30.1 Å². The quantitative estimate of drug-likeness (QED) is 0.550. The molecule has 0 aliphatic carbocycles. The third kappa shape index (κ3) is 4.12. The van der Waals surface area contributed by atoms with Gasteiger partial charge in [-0.2, -0.15) is 0 Å². The molecule has 0 saturated carbocycles. The van der Waals surface area contributed by atoms with Gasteiger partial charge in [-0.3, -0.25) is 15.6 Å². The number of nitrogens with two attached hydrogens (primary N) is 1. The Hall–Kier alpha value is -2.77. The first-order valence-corrected chi connectivity index (χ1v) is 7.42. The highest BCUT2D eigenvalue weighted by Gasteiger charge is 2.32. The fourth-order valence-corrected chi connectivity index (χ4v) is 2.46. The normalized spacial score (nSPS) is 16.7. The van der Waals surface area contributed by atoms with Gasteiger partial charge in [0, 0.05) is 6.54 Å². The molecular weight excluding hydrogens is 300 g/mol. The van der Waals surface area contributed by atoms with Crippen molar-refractivity contribution in [3.8, 4) is 0 Å². The number of hydrogen-bond donors (Lipinski definition) is 3. The molecule has 1 aromatic carbocycles. The van der Waals surface area contributed by atoms with Gasteiger partial charge in [0.1, 0.15) is 6.04 Å². The number of esters is 1. The Morgan fingerprint density at radius 3 is 2.87 bits per heavy atom. The van der Waals surface area contributed by atoms with E-state index in [0.29, 0.717) is 24.2 Å². The third-order valence-corrected chi connectivity index (χ3v) is 3.54. The molecule has 3 amide bonds. The summed E-state index contributed by atoms with van der Waals surface area (Å²) >= 11 is 0. The Bertz CT molecular complexity index is 605. The van der Waals surface area contributed by atoms with E-state index in [2.05, 4.69) is 10.9 Å². The van der Waals surface area contributed by atoms with Gasteiger partial charge >= 0.3 is 12.0 Å². The number of rotatable bonds is 5. The van der Waals surface area contributed by atoms with Crippen LogP contribution in [0.2, 0.25) is 0 Å². The summed E-state index contributed by atoms with van der Waals surface area (Å²) in [5, 5.41) is 0. The van der Waals surface area contributed by atoms with Crippen LogP contribution < -0.4 is 16.6 Å². The van der Waals surface area contributed by atoms with Gasteiger partial charge in [-0.1, -0.05) is 6.07 Å². The molecular formula is C15H20N4O4. The lowest BCUT2D eigenvalue weighted by Crippen LogP contribution is -2.49. The molecule has 1 atom stereocenters. The average Bonchev–Trinajstić information content (AvgIpc) is 3.03. The minimum absolute atomic E-state index is 0.290. The number of anilines is 1. The summed E-state index contributed by atoms with van der Waals surface area (Å²) in [5.74, 6) is -0.777. The Morgan fingerprint density at radius 1 is 1.39 bits per heavy atom. The highest BCUT2D eigenvalue weighted by molar-refractivity contribution is 5.91. The summed E-state index contributed by atoms with van der Waals surface area (Å²) < 4.78 is 4.92. The van der Waals surface area contributed by atoms with E-state index in [0.717, 1.165) is 6.42 Å². The maximum Gasteiger partial charge on any atom is 0.338 e. The molecule has 0 aromatic heterocycles. The number of hydrazine groups is 1. The Balaban J connectivity index is 1.95. The molecule has 4 N–H and O–H groups in total. The molecule has 1 fully saturated rings. The van der Waals surface area contributed by atoms with Crippen molar-refractivity contribution in [3.05, 3.63) is 29.8 Å². The van der Waals surface area contributed by atoms with Crippen LogP contribution in [-0.2, 0) is 9.53 Å². The lowest BCUT2D eigenvalue weighted by atomic mass is 10.2. The number of nitrogens with zero attached hydrogens (tertiary/aromatic N) is 1. The summed E-state index contributed by atoms with van der Waals surface area (Å²) in [6, 6.07) is 5.38. The van der Waals surface area contributed by atoms with Gasteiger partial charge in [0.15, 0.2) is 0 Å². The number of amides is 3. The minimum atomic E-state index is -0.605. The highest BCUT2D eigenvalue weighted by Crippen LogP contribution is 2.17. The minimum Gasteiger partial charge on any atom is -0.462 e. The SMILES string of the molecule is CCOC(=O)c1cccc(NNC(=O)[C@@H]2CCCN2C(N)=O)c1. The second-order valence-corrected chi connectivity index (χ2v) is 5.11. The molecule has 1 aliphatic rings. The average molecular weight is 320 g/mol. The van der Waals surface area contributed by atoms with Crippen LogP contribution in [0, 0.1) is 0 Å². The van der Waals surface area contributed by atoms with E-state index in [9.17, 15) is 14.4 Å². The molecule has 8 heteroatoms. The fourth-order valence-electron chi connectivity index (χ4n) is 2.46. The number of benzene rings is 1. The number of nitrogens with one attached hydrogen (secondary N) is 2. The van der Waals surface area contributed by atoms with Crippen LogP contribution in [0.25, 0.3) is 0 Å². The van der Waals surface area contributed by atoms with E-state index >= 15 is 0 Å². The topological polar surface area (TPSA) is 114 Å². The standard InChI is InChI=1S/C15H20N4O4/c1-2-23-14(21)10-5-3-6-11(9-10)17-18-13(20)12-7-4-8-19(12)15(16)22/h3,5-6,9,12,17H,2,4,7-8H2,1H3,(H2,16,22)(H,18,20)/t12-/m0/s1. The van der Waals surface area contributed by atoms with Crippen LogP contribution in [0.4, 0.5) is 10.5 Å². The summed E-state index contributed by atoms with van der Waals surface area (Å²) in [7, 11) is 0. The molecule has 0 bridgehead atoms. The van der Waals surface area contributed by atoms with Gasteiger partial charge < -0.3 is 15.4 Å². The van der Waals surface area contributed by atoms with Gasteiger partial charge in [-0.15, -0.1) is 0 Å². The molecule has 23 heavy (non-hydrogen) atoms. The zero-order chi connectivity index (χ0) is 16.8. The molecule has 0 spiro atoms. The maximum atomic E-state index is 12.1. The van der Waals surface area contributed by atoms with Crippen LogP contribution in [0.5, 0.6) is 0 Å². The van der Waals surface area contributed by atoms with Crippen molar-refractivity contribution in [2.45, 2.75) is 25.8 Å². The van der Waals surface area contributed by atoms with Crippen molar-refractivity contribution in [3.63, 3.8) is 0 Å². The molecule has 124 valence electrons. The fraction of sp³-hybridized carbons (Fsp3) is 0.400. The second kappa shape index (κ2) is 7.48. The van der Waals surface area contributed by atoms with Gasteiger partial charge in [0.25, 0.3) is 5.91 Å². The first-order chi connectivity index (χ1) is 11.0. The summed E-state index contributed by atoms with van der Waals surface area (Å²) in [4.78, 5) is 36.4. The van der Waals surface area contributed by atoms with Crippen LogP contribution in [-0.4, -0.2) is 42.0 Å². The van der Waals surface area contributed by atoms with Gasteiger partial charge in [-0.05, 0) is 38.0 Å². The number of carbonyl (C=O) groups is 3. The molecule has 1 heterocycles. The van der Waals surface area contributed by atoms with Crippen molar-refractivity contribution >= 4 is 23.6 Å². The zero-order valence-corrected chi connectivity index (χ0v) is 12.9. The highest BCUT2D eigenvalue weighted by atomic mass is 16.5. The number of carbonyl (C=O) groups excluding carboxylic acids is 3. The predicted octanol–water partition coefficient (Wildman–Crippen LogP) is 0.849. The monoisotopic (exact) mass is 320 g/mol. The summed E-state index contributed by atoms with van der Waals surface area (Å²) in [5.41, 5.74) is 11.4. The number of hydrogen-bond acceptors (Lipinski definition) is 5. The number of primary amides is 1. The molecule has 2 rings (SSSR count). The second-order valence-electron chi connectivity index (χ2n) is 5.11. The molecule has 0 radical (unpaired) electrons. The largest absolute Gasteiger partial charge is 0.462 e. The Labute approximate surface area is 133 Å². The molecule has 1 saturated heterocycles. The van der Waals surface area contributed by atoms with Crippen LogP contribution >= 0.6 is 0 Å². The van der Waals surface area contributed by atoms with Crippen LogP contribution in [0.15, 0.2) is 24.3 Å². The molecule has 8 nitrogen and oxygen atoms in total. The molecule has 0 unspecified atom stereocenters. The molecule has 1 aliphatic heterocycles. The summed E-state index contributed by atoms with van der Waals surface area (Å²) in [6.07, 6.45) is 1.30. The lowest BCUT2D eigenvalue weighted by Gasteiger charge is -2.22. The Kier molecular flexibility index (Phi) is 5.40. The molecule has 1 aromatic rings. The lowest BCUT2D eigenvalue weighted by molar-refractivity contribution is -0.124. The van der Waals surface area contributed by atoms with Crippen molar-refractivity contribution < 1.29 is 19.1 Å². The smallest absolute Gasteiger partial charge is 0.338 e. The van der Waals surface area contributed by atoms with E-state index in [1.807, 2.05) is 0 Å². The van der Waals surface area contributed by atoms with Gasteiger partial charge in [-0.25, -0.2) is 9.59 Å². The van der Waals surface area contributed by atoms with Crippen molar-refractivity contribution in [1.82, 2.24) is 10.3 Å². The van der Waals surface area contributed by atoms with Gasteiger partial charge in [0.05, 0.1) is 17.9 Å². The maximum absolute atomic E-state index is 12.1. The number of urea groups is 1. The van der Waals surface area contributed by atoms with E-state index < -0.39 is 18.0 Å². The van der Waals surface area contributed by atoms with Crippen molar-refractivity contribution in [2.75, 3.05) is 18.6 Å². The van der Waals surface area contributed by atoms with Crippen molar-refractivity contribution in [1.29, 1.82) is 0 Å². The van der Waals surface area contributed by atoms with E-state index in [4.69, 9.17) is 10.5 Å². The van der Waals surface area contributed by atoms with E-state index in [1.54, 1.807) is 31.2 Å². The summed E-state index contributed by atoms with van der Waals surface area (Å²) in [6.45, 7) is 2.50. The van der Waals surface area contributed by atoms with Crippen LogP contribution in [0.3, 0.4) is 0 Å². The van der Waals surface area contributed by atoms with E-state index in [-0.39, 0.29) is 12.5 Å². The van der Waals surface area contributed by atoms with E-state index in [1.165, 1.54) is 4.90 Å². The number of ether oxygens (including phenoxy) is 1. The van der Waals surface area contributed by atoms with Crippen molar-refractivity contribution in [2.24, 2.45) is 5.73 Å². The zero-order valence-electron chi connectivity index (χ0n) is 12.9. The van der Waals surface area contributed by atoms with Gasteiger partial charge in [0.2, 0.25) is 0 Å². The first-order valence-electron chi connectivity index (χ1n) is 7.42.